The van der Waals surface area contributed by atoms with Crippen molar-refractivity contribution >= 4 is 27.5 Å². The molecule has 2 aromatic rings. The molecule has 2 N–H and O–H groups in total. The molecule has 1 aliphatic heterocycles. The second kappa shape index (κ2) is 10.7. The summed E-state index contributed by atoms with van der Waals surface area (Å²) in [5.74, 6) is -2.45. The second-order valence-corrected chi connectivity index (χ2v) is 11.6. The van der Waals surface area contributed by atoms with Crippen molar-refractivity contribution in [2.75, 3.05) is 37.1 Å². The Labute approximate surface area is 219 Å². The number of nitrogens with one attached hydrogen (secondary N) is 2. The minimum atomic E-state index is -4.49. The lowest BCUT2D eigenvalue weighted by atomic mass is 9.82. The number of sulfone groups is 1. The van der Waals surface area contributed by atoms with Crippen molar-refractivity contribution in [1.82, 2.24) is 15.1 Å². The van der Waals surface area contributed by atoms with Gasteiger partial charge < -0.3 is 20.1 Å². The Hall–Kier alpha value is -3.27. The number of aryl methyl sites for hydroxylation is 1. The van der Waals surface area contributed by atoms with E-state index in [-0.39, 0.29) is 42.4 Å². The van der Waals surface area contributed by atoms with Crippen molar-refractivity contribution in [3.05, 3.63) is 40.6 Å². The third kappa shape index (κ3) is 6.84. The monoisotopic (exact) mass is 580 g/mol. The maximum atomic E-state index is 13.3. The van der Waals surface area contributed by atoms with Gasteiger partial charge in [0, 0.05) is 12.7 Å². The minimum absolute atomic E-state index is 0.00471. The number of anilines is 1. The van der Waals surface area contributed by atoms with Gasteiger partial charge in [0.05, 0.1) is 24.4 Å². The van der Waals surface area contributed by atoms with Crippen LogP contribution in [0.1, 0.15) is 33.6 Å². The molecule has 1 aromatic carbocycles. The Morgan fingerprint density at radius 1 is 1.31 bits per heavy atom. The summed E-state index contributed by atoms with van der Waals surface area (Å²) in [7, 11) is -3.70. The minimum Gasteiger partial charge on any atom is -0.484 e. The van der Waals surface area contributed by atoms with E-state index in [1.807, 2.05) is 0 Å². The molecular weight excluding hydrogens is 555 g/mol. The van der Waals surface area contributed by atoms with Crippen LogP contribution >= 0.6 is 0 Å². The number of hydrogen-bond donors (Lipinski definition) is 2. The van der Waals surface area contributed by atoms with E-state index >= 15 is 0 Å². The quantitative estimate of drug-likeness (QED) is 0.326. The van der Waals surface area contributed by atoms with E-state index in [1.165, 1.54) is 16.8 Å². The number of amides is 2. The third-order valence-corrected chi connectivity index (χ3v) is 7.02. The molecule has 0 radical (unpaired) electrons. The summed E-state index contributed by atoms with van der Waals surface area (Å²) in [6, 6.07) is 4.46. The second-order valence-electron chi connectivity index (χ2n) is 9.41. The van der Waals surface area contributed by atoms with Crippen molar-refractivity contribution in [3.63, 3.8) is 0 Å². The molecule has 2 aliphatic rings. The molecule has 214 valence electrons. The fourth-order valence-electron chi connectivity index (χ4n) is 4.80. The highest BCUT2D eigenvalue weighted by Crippen LogP contribution is 2.44. The van der Waals surface area contributed by atoms with Crippen LogP contribution in [0.25, 0.3) is 0 Å². The molecule has 1 aromatic heterocycles. The standard InChI is InChI=1S/C23H25F5N4O6S/c1-39(35,36)11-18(33)29-20-19-16(31-32(20)6-7-37-10-17(24)25)9-22(30-21(19)34)5-4-13-8-14(2-3-15(13)22)38-12-23(26,27)28/h2-3,8,17H,4-7,9-12H2,1H3,(H,29,33)(H,30,34)/t22-/m1/s1. The number of benzene rings is 1. The predicted molar refractivity (Wildman–Crippen MR) is 127 cm³/mol. The van der Waals surface area contributed by atoms with Gasteiger partial charge in [-0.2, -0.15) is 18.3 Å². The zero-order chi connectivity index (χ0) is 28.6. The SMILES string of the molecule is CS(=O)(=O)CC(=O)Nc1c2c(nn1CCOCC(F)F)C[C@@]1(CCc3cc(OCC(F)(F)F)ccc31)NC2=O. The Bertz CT molecular complexity index is 1380. The lowest BCUT2D eigenvalue weighted by Crippen LogP contribution is -2.49. The first-order valence-electron chi connectivity index (χ1n) is 11.7. The highest BCUT2D eigenvalue weighted by Gasteiger charge is 2.46. The summed E-state index contributed by atoms with van der Waals surface area (Å²) in [4.78, 5) is 25.7. The van der Waals surface area contributed by atoms with Gasteiger partial charge in [0.2, 0.25) is 5.91 Å². The zero-order valence-electron chi connectivity index (χ0n) is 20.6. The number of nitrogens with zero attached hydrogens (tertiary/aromatic N) is 2. The molecule has 0 fully saturated rings. The number of carbonyl (C=O) groups is 2. The molecule has 1 spiro atoms. The number of carbonyl (C=O) groups excluding carboxylic acids is 2. The van der Waals surface area contributed by atoms with Crippen LogP contribution in [0.5, 0.6) is 5.75 Å². The summed E-state index contributed by atoms with van der Waals surface area (Å²) in [5.41, 5.74) is 0.710. The van der Waals surface area contributed by atoms with Crippen molar-refractivity contribution in [2.45, 2.75) is 43.9 Å². The van der Waals surface area contributed by atoms with Crippen molar-refractivity contribution in [1.29, 1.82) is 0 Å². The highest BCUT2D eigenvalue weighted by atomic mass is 32.2. The van der Waals surface area contributed by atoms with Gasteiger partial charge in [0.25, 0.3) is 12.3 Å². The van der Waals surface area contributed by atoms with Crippen LogP contribution in [0.4, 0.5) is 27.8 Å². The van der Waals surface area contributed by atoms with Crippen LogP contribution in [0.3, 0.4) is 0 Å². The number of halogens is 5. The van der Waals surface area contributed by atoms with E-state index in [9.17, 15) is 40.0 Å². The molecule has 1 atom stereocenters. The predicted octanol–water partition coefficient (Wildman–Crippen LogP) is 2.22. The van der Waals surface area contributed by atoms with Gasteiger partial charge in [-0.05, 0) is 36.1 Å². The van der Waals surface area contributed by atoms with E-state index < -0.39 is 58.8 Å². The Kier molecular flexibility index (Phi) is 7.89. The van der Waals surface area contributed by atoms with E-state index in [2.05, 4.69) is 15.7 Å². The zero-order valence-corrected chi connectivity index (χ0v) is 21.4. The fourth-order valence-corrected chi connectivity index (χ4v) is 5.35. The molecule has 0 bridgehead atoms. The van der Waals surface area contributed by atoms with E-state index in [0.717, 1.165) is 6.26 Å². The Morgan fingerprint density at radius 3 is 2.72 bits per heavy atom. The molecule has 4 rings (SSSR count). The molecule has 2 amide bonds. The molecule has 10 nitrogen and oxygen atoms in total. The van der Waals surface area contributed by atoms with Crippen LogP contribution in [0.2, 0.25) is 0 Å². The van der Waals surface area contributed by atoms with Crippen LogP contribution in [0.15, 0.2) is 18.2 Å². The summed E-state index contributed by atoms with van der Waals surface area (Å²) >= 11 is 0. The van der Waals surface area contributed by atoms with Crippen LogP contribution in [-0.2, 0) is 44.3 Å². The first-order chi connectivity index (χ1) is 18.2. The average Bonchev–Trinajstić information content (AvgIpc) is 3.31. The molecule has 0 unspecified atom stereocenters. The van der Waals surface area contributed by atoms with E-state index in [1.54, 1.807) is 6.07 Å². The first-order valence-corrected chi connectivity index (χ1v) is 13.8. The smallest absolute Gasteiger partial charge is 0.422 e. The molecule has 2 heterocycles. The van der Waals surface area contributed by atoms with Crippen LogP contribution in [0, 0.1) is 0 Å². The largest absolute Gasteiger partial charge is 0.484 e. The van der Waals surface area contributed by atoms with Crippen LogP contribution in [-0.4, -0.2) is 74.4 Å². The lowest BCUT2D eigenvalue weighted by Gasteiger charge is -2.35. The van der Waals surface area contributed by atoms with Crippen molar-refractivity contribution in [2.24, 2.45) is 0 Å². The average molecular weight is 581 g/mol. The van der Waals surface area contributed by atoms with Gasteiger partial charge in [-0.3, -0.25) is 9.59 Å². The summed E-state index contributed by atoms with van der Waals surface area (Å²) in [5, 5.41) is 9.73. The van der Waals surface area contributed by atoms with E-state index in [0.29, 0.717) is 24.0 Å². The van der Waals surface area contributed by atoms with Gasteiger partial charge in [0.15, 0.2) is 16.4 Å². The molecule has 1 aliphatic carbocycles. The molecular formula is C23H25F5N4O6S. The lowest BCUT2D eigenvalue weighted by molar-refractivity contribution is -0.153. The molecule has 39 heavy (non-hydrogen) atoms. The number of hydrogen-bond acceptors (Lipinski definition) is 7. The van der Waals surface area contributed by atoms with Gasteiger partial charge in [-0.15, -0.1) is 0 Å². The normalized spacial score (nSPS) is 18.7. The summed E-state index contributed by atoms with van der Waals surface area (Å²) in [6.07, 6.45) is -5.32. The third-order valence-electron chi connectivity index (χ3n) is 6.23. The highest BCUT2D eigenvalue weighted by molar-refractivity contribution is 7.91. The molecule has 16 heteroatoms. The first kappa shape index (κ1) is 28.7. The van der Waals surface area contributed by atoms with E-state index in [4.69, 9.17) is 9.47 Å². The number of alkyl halides is 5. The molecule has 0 saturated carbocycles. The Balaban J connectivity index is 1.62. The van der Waals surface area contributed by atoms with Gasteiger partial charge in [-0.25, -0.2) is 21.9 Å². The maximum absolute atomic E-state index is 13.3. The number of ether oxygens (including phenoxy) is 2. The van der Waals surface area contributed by atoms with Crippen molar-refractivity contribution < 1.29 is 49.4 Å². The maximum Gasteiger partial charge on any atom is 0.422 e. The topological polar surface area (TPSA) is 129 Å². The fraction of sp³-hybridized carbons (Fsp3) is 0.522. The summed E-state index contributed by atoms with van der Waals surface area (Å²) < 4.78 is 96.5. The van der Waals surface area contributed by atoms with Gasteiger partial charge >= 0.3 is 6.18 Å². The van der Waals surface area contributed by atoms with Crippen LogP contribution < -0.4 is 15.4 Å². The van der Waals surface area contributed by atoms with Crippen molar-refractivity contribution in [3.8, 4) is 5.75 Å². The van der Waals surface area contributed by atoms with Gasteiger partial charge in [-0.1, -0.05) is 6.07 Å². The molecule has 0 saturated heterocycles. The van der Waals surface area contributed by atoms with Gasteiger partial charge in [0.1, 0.15) is 29.5 Å². The number of rotatable bonds is 10. The number of fused-ring (bicyclic) bond motifs is 3. The Morgan fingerprint density at radius 2 is 2.05 bits per heavy atom. The number of aromatic nitrogens is 2. The summed E-state index contributed by atoms with van der Waals surface area (Å²) in [6.45, 7) is -2.61.